The summed E-state index contributed by atoms with van der Waals surface area (Å²) in [5.41, 5.74) is 0.766. The molecule has 0 unspecified atom stereocenters. The fourth-order valence-electron chi connectivity index (χ4n) is 1.96. The lowest BCUT2D eigenvalue weighted by Gasteiger charge is -2.14. The van der Waals surface area contributed by atoms with Gasteiger partial charge in [0.05, 0.1) is 6.61 Å². The number of benzene rings is 2. The number of hydrogen-bond donors (Lipinski definition) is 1. The second-order valence-corrected chi connectivity index (χ2v) is 4.68. The van der Waals surface area contributed by atoms with Crippen LogP contribution in [0.5, 0.6) is 17.2 Å². The highest BCUT2D eigenvalue weighted by Crippen LogP contribution is 2.33. The summed E-state index contributed by atoms with van der Waals surface area (Å²) in [6.45, 7) is 3.21. The van der Waals surface area contributed by atoms with E-state index >= 15 is 0 Å². The van der Waals surface area contributed by atoms with Gasteiger partial charge in [0, 0.05) is 12.1 Å². The maximum absolute atomic E-state index is 13.3. The Bertz CT molecular complexity index is 587. The highest BCUT2D eigenvalue weighted by molar-refractivity contribution is 5.45. The van der Waals surface area contributed by atoms with Crippen molar-refractivity contribution >= 4 is 0 Å². The van der Waals surface area contributed by atoms with Gasteiger partial charge in [-0.2, -0.15) is 0 Å². The Morgan fingerprint density at radius 2 is 1.81 bits per heavy atom. The van der Waals surface area contributed by atoms with Gasteiger partial charge in [0.25, 0.3) is 0 Å². The molecule has 0 atom stereocenters. The number of rotatable bonds is 7. The molecule has 0 bridgehead atoms. The number of ether oxygens (including phenoxy) is 2. The molecular weight excluding hydrogens is 269 g/mol. The Morgan fingerprint density at radius 3 is 2.52 bits per heavy atom. The highest BCUT2D eigenvalue weighted by atomic mass is 19.1. The number of para-hydroxylation sites is 2. The Kier molecular flexibility index (Phi) is 5.58. The molecule has 4 heteroatoms. The summed E-state index contributed by atoms with van der Waals surface area (Å²) in [5.74, 6) is 1.68. The van der Waals surface area contributed by atoms with Crippen LogP contribution in [0.2, 0.25) is 0 Å². The van der Waals surface area contributed by atoms with Crippen molar-refractivity contribution in [1.82, 2.24) is 5.32 Å². The molecule has 0 aromatic heterocycles. The van der Waals surface area contributed by atoms with Crippen LogP contribution >= 0.6 is 0 Å². The van der Waals surface area contributed by atoms with Crippen molar-refractivity contribution in [3.8, 4) is 17.2 Å². The average molecular weight is 289 g/mol. The molecule has 3 nitrogen and oxygen atoms in total. The zero-order chi connectivity index (χ0) is 15.1. The van der Waals surface area contributed by atoms with Crippen molar-refractivity contribution in [2.45, 2.75) is 19.9 Å². The SMILES string of the molecule is CCCOc1ccccc1Oc1ccc(F)cc1CNC. The fourth-order valence-corrected chi connectivity index (χ4v) is 1.96. The van der Waals surface area contributed by atoms with Crippen molar-refractivity contribution in [1.29, 1.82) is 0 Å². The molecule has 21 heavy (non-hydrogen) atoms. The summed E-state index contributed by atoms with van der Waals surface area (Å²) in [7, 11) is 1.81. The summed E-state index contributed by atoms with van der Waals surface area (Å²) in [6.07, 6.45) is 0.926. The number of hydrogen-bond acceptors (Lipinski definition) is 3. The van der Waals surface area contributed by atoms with E-state index in [1.807, 2.05) is 31.3 Å². The van der Waals surface area contributed by atoms with Gasteiger partial charge in [-0.15, -0.1) is 0 Å². The van der Waals surface area contributed by atoms with Gasteiger partial charge in [-0.25, -0.2) is 4.39 Å². The first-order valence-electron chi connectivity index (χ1n) is 7.07. The van der Waals surface area contributed by atoms with E-state index in [9.17, 15) is 4.39 Å². The van der Waals surface area contributed by atoms with Crippen molar-refractivity contribution in [2.24, 2.45) is 0 Å². The zero-order valence-electron chi connectivity index (χ0n) is 12.4. The fraction of sp³-hybridized carbons (Fsp3) is 0.294. The van der Waals surface area contributed by atoms with E-state index in [0.29, 0.717) is 30.4 Å². The third-order valence-electron chi connectivity index (χ3n) is 2.92. The summed E-state index contributed by atoms with van der Waals surface area (Å²) in [6, 6.07) is 12.0. The molecular formula is C17H20FNO2. The first-order chi connectivity index (χ1) is 10.2. The minimum absolute atomic E-state index is 0.275. The first-order valence-corrected chi connectivity index (χ1v) is 7.07. The van der Waals surface area contributed by atoms with E-state index in [0.717, 1.165) is 12.0 Å². The molecule has 0 heterocycles. The lowest BCUT2D eigenvalue weighted by Crippen LogP contribution is -2.07. The average Bonchev–Trinajstić information content (AvgIpc) is 2.49. The van der Waals surface area contributed by atoms with Crippen LogP contribution in [-0.4, -0.2) is 13.7 Å². The minimum Gasteiger partial charge on any atom is -0.490 e. The molecule has 1 N–H and O–H groups in total. The monoisotopic (exact) mass is 289 g/mol. The summed E-state index contributed by atoms with van der Waals surface area (Å²) in [5, 5.41) is 3.01. The van der Waals surface area contributed by atoms with Crippen molar-refractivity contribution in [3.05, 3.63) is 53.8 Å². The van der Waals surface area contributed by atoms with E-state index < -0.39 is 0 Å². The number of halogens is 1. The van der Waals surface area contributed by atoms with Crippen molar-refractivity contribution in [2.75, 3.05) is 13.7 Å². The predicted octanol–water partition coefficient (Wildman–Crippen LogP) is 4.13. The van der Waals surface area contributed by atoms with Gasteiger partial charge < -0.3 is 14.8 Å². The standard InChI is InChI=1S/C17H20FNO2/c1-3-10-20-16-6-4-5-7-17(16)21-15-9-8-14(18)11-13(15)12-19-2/h4-9,11,19H,3,10,12H2,1-2H3. The second-order valence-electron chi connectivity index (χ2n) is 4.68. The van der Waals surface area contributed by atoms with E-state index in [4.69, 9.17) is 9.47 Å². The summed E-state index contributed by atoms with van der Waals surface area (Å²) >= 11 is 0. The van der Waals surface area contributed by atoms with E-state index in [1.54, 1.807) is 6.07 Å². The molecule has 2 aromatic carbocycles. The van der Waals surface area contributed by atoms with E-state index in [-0.39, 0.29) is 5.82 Å². The largest absolute Gasteiger partial charge is 0.490 e. The molecule has 0 saturated carbocycles. The quantitative estimate of drug-likeness (QED) is 0.831. The van der Waals surface area contributed by atoms with E-state index in [1.165, 1.54) is 12.1 Å². The van der Waals surface area contributed by atoms with Gasteiger partial charge >= 0.3 is 0 Å². The molecule has 0 aliphatic rings. The van der Waals surface area contributed by atoms with Crippen LogP contribution < -0.4 is 14.8 Å². The third kappa shape index (κ3) is 4.20. The predicted molar refractivity (Wildman–Crippen MR) is 81.5 cm³/mol. The normalized spacial score (nSPS) is 10.4. The molecule has 2 rings (SSSR count). The Morgan fingerprint density at radius 1 is 1.05 bits per heavy atom. The molecule has 0 saturated heterocycles. The van der Waals surface area contributed by atoms with Crippen molar-refractivity contribution in [3.63, 3.8) is 0 Å². The Labute approximate surface area is 124 Å². The van der Waals surface area contributed by atoms with Crippen LogP contribution in [-0.2, 0) is 6.54 Å². The van der Waals surface area contributed by atoms with Crippen LogP contribution in [0.25, 0.3) is 0 Å². The topological polar surface area (TPSA) is 30.5 Å². The molecule has 2 aromatic rings. The van der Waals surface area contributed by atoms with E-state index in [2.05, 4.69) is 12.2 Å². The maximum atomic E-state index is 13.3. The smallest absolute Gasteiger partial charge is 0.169 e. The summed E-state index contributed by atoms with van der Waals surface area (Å²) < 4.78 is 24.9. The van der Waals surface area contributed by atoms with Gasteiger partial charge in [0.2, 0.25) is 0 Å². The molecule has 0 spiro atoms. The summed E-state index contributed by atoms with van der Waals surface area (Å²) in [4.78, 5) is 0. The lowest BCUT2D eigenvalue weighted by molar-refractivity contribution is 0.301. The lowest BCUT2D eigenvalue weighted by atomic mass is 10.2. The second kappa shape index (κ2) is 7.64. The van der Waals surface area contributed by atoms with Crippen LogP contribution in [0.3, 0.4) is 0 Å². The van der Waals surface area contributed by atoms with Gasteiger partial charge in [0.15, 0.2) is 11.5 Å². The minimum atomic E-state index is -0.275. The van der Waals surface area contributed by atoms with Gasteiger partial charge in [-0.1, -0.05) is 19.1 Å². The number of nitrogens with one attached hydrogen (secondary N) is 1. The Hall–Kier alpha value is -2.07. The van der Waals surface area contributed by atoms with Crippen LogP contribution in [0.4, 0.5) is 4.39 Å². The first kappa shape index (κ1) is 15.3. The van der Waals surface area contributed by atoms with Crippen molar-refractivity contribution < 1.29 is 13.9 Å². The molecule has 0 radical (unpaired) electrons. The van der Waals surface area contributed by atoms with Gasteiger partial charge in [-0.05, 0) is 43.8 Å². The molecule has 112 valence electrons. The maximum Gasteiger partial charge on any atom is 0.169 e. The van der Waals surface area contributed by atoms with Crippen LogP contribution in [0.15, 0.2) is 42.5 Å². The molecule has 0 aliphatic carbocycles. The van der Waals surface area contributed by atoms with Crippen LogP contribution in [0, 0.1) is 5.82 Å². The van der Waals surface area contributed by atoms with Gasteiger partial charge in [0.1, 0.15) is 11.6 Å². The van der Waals surface area contributed by atoms with Crippen LogP contribution in [0.1, 0.15) is 18.9 Å². The molecule has 0 fully saturated rings. The van der Waals surface area contributed by atoms with Gasteiger partial charge in [-0.3, -0.25) is 0 Å². The Balaban J connectivity index is 2.25. The molecule has 0 aliphatic heterocycles. The zero-order valence-corrected chi connectivity index (χ0v) is 12.4. The third-order valence-corrected chi connectivity index (χ3v) is 2.92. The molecule has 0 amide bonds. The highest BCUT2D eigenvalue weighted by Gasteiger charge is 2.10.